The fraction of sp³-hybridized carbons (Fsp3) is 0.611. The van der Waals surface area contributed by atoms with Crippen molar-refractivity contribution in [2.24, 2.45) is 0 Å². The summed E-state index contributed by atoms with van der Waals surface area (Å²) in [6.07, 6.45) is 5.00. The molecule has 0 radical (unpaired) electrons. The van der Waals surface area contributed by atoms with Gasteiger partial charge in [-0.05, 0) is 58.6 Å². The third-order valence-electron chi connectivity index (χ3n) is 4.75. The average Bonchev–Trinajstić information content (AvgIpc) is 2.57. The zero-order valence-electron chi connectivity index (χ0n) is 14.9. The Morgan fingerprint density at radius 2 is 2.04 bits per heavy atom. The first-order valence-corrected chi connectivity index (χ1v) is 8.79. The molecule has 1 unspecified atom stereocenters. The number of pyridine rings is 1. The normalized spacial score (nSPS) is 21.2. The standard InChI is InChI=1S/C18H25N3O4/c1-11(16(22)24-12-7-5-4-6-8-12)21-15-13(9-10-14(19)20-15)25-18(2,3)17(21)23/h9-12H,4-8H2,1-3H3,(H2,19,20). The highest BCUT2D eigenvalue weighted by Crippen LogP contribution is 2.38. The monoisotopic (exact) mass is 347 g/mol. The van der Waals surface area contributed by atoms with E-state index in [0.717, 1.165) is 25.7 Å². The Balaban J connectivity index is 1.87. The fourth-order valence-electron chi connectivity index (χ4n) is 3.32. The number of carbonyl (C=O) groups excluding carboxylic acids is 2. The number of fused-ring (bicyclic) bond motifs is 1. The summed E-state index contributed by atoms with van der Waals surface area (Å²) in [7, 11) is 0. The van der Waals surface area contributed by atoms with Gasteiger partial charge in [-0.1, -0.05) is 6.42 Å². The molecule has 2 N–H and O–H groups in total. The number of hydrogen-bond donors (Lipinski definition) is 1. The lowest BCUT2D eigenvalue weighted by atomic mass is 9.98. The summed E-state index contributed by atoms with van der Waals surface area (Å²) in [6.45, 7) is 4.99. The van der Waals surface area contributed by atoms with Crippen molar-refractivity contribution in [2.45, 2.75) is 70.6 Å². The molecule has 1 fully saturated rings. The van der Waals surface area contributed by atoms with Crippen molar-refractivity contribution in [3.05, 3.63) is 12.1 Å². The highest BCUT2D eigenvalue weighted by atomic mass is 16.5. The lowest BCUT2D eigenvalue weighted by Gasteiger charge is -2.40. The van der Waals surface area contributed by atoms with E-state index in [1.165, 1.54) is 11.3 Å². The number of ether oxygens (including phenoxy) is 2. The third-order valence-corrected chi connectivity index (χ3v) is 4.75. The van der Waals surface area contributed by atoms with E-state index in [1.807, 2.05) is 0 Å². The Morgan fingerprint density at radius 1 is 1.36 bits per heavy atom. The third kappa shape index (κ3) is 3.41. The van der Waals surface area contributed by atoms with Gasteiger partial charge in [0.2, 0.25) is 0 Å². The Labute approximate surface area is 147 Å². The molecule has 1 aliphatic carbocycles. The molecule has 136 valence electrons. The number of nitrogens with zero attached hydrogens (tertiary/aromatic N) is 2. The van der Waals surface area contributed by atoms with Crippen LogP contribution in [0.3, 0.4) is 0 Å². The van der Waals surface area contributed by atoms with Gasteiger partial charge in [0, 0.05) is 0 Å². The number of rotatable bonds is 3. The topological polar surface area (TPSA) is 94.8 Å². The minimum absolute atomic E-state index is 0.0684. The van der Waals surface area contributed by atoms with Crippen LogP contribution in [0.25, 0.3) is 0 Å². The van der Waals surface area contributed by atoms with Crippen molar-refractivity contribution >= 4 is 23.5 Å². The minimum atomic E-state index is -1.09. The molecule has 2 aliphatic rings. The predicted molar refractivity (Wildman–Crippen MR) is 93.3 cm³/mol. The Bertz CT molecular complexity index is 683. The van der Waals surface area contributed by atoms with Crippen LogP contribution in [0, 0.1) is 0 Å². The van der Waals surface area contributed by atoms with E-state index in [2.05, 4.69) is 4.98 Å². The largest absolute Gasteiger partial charge is 0.474 e. The zero-order chi connectivity index (χ0) is 18.2. The fourth-order valence-corrected chi connectivity index (χ4v) is 3.32. The summed E-state index contributed by atoms with van der Waals surface area (Å²) >= 11 is 0. The van der Waals surface area contributed by atoms with Crippen molar-refractivity contribution in [3.63, 3.8) is 0 Å². The number of anilines is 2. The second-order valence-electron chi connectivity index (χ2n) is 7.22. The molecule has 0 aromatic carbocycles. The number of amides is 1. The molecule has 0 bridgehead atoms. The van der Waals surface area contributed by atoms with Crippen LogP contribution in [-0.2, 0) is 14.3 Å². The summed E-state index contributed by atoms with van der Waals surface area (Å²) in [6, 6.07) is 2.47. The molecule has 1 saturated carbocycles. The predicted octanol–water partition coefficient (Wildman–Crippen LogP) is 2.43. The average molecular weight is 347 g/mol. The minimum Gasteiger partial charge on any atom is -0.474 e. The van der Waals surface area contributed by atoms with Crippen molar-refractivity contribution in [3.8, 4) is 5.75 Å². The number of nitrogen functional groups attached to an aromatic ring is 1. The lowest BCUT2D eigenvalue weighted by molar-refractivity contribution is -0.153. The maximum Gasteiger partial charge on any atom is 0.329 e. The number of hydrogen-bond acceptors (Lipinski definition) is 6. The first-order valence-electron chi connectivity index (χ1n) is 8.79. The maximum atomic E-state index is 12.9. The highest BCUT2D eigenvalue weighted by molar-refractivity contribution is 6.05. The second-order valence-corrected chi connectivity index (χ2v) is 7.22. The molecule has 1 aliphatic heterocycles. The number of aromatic nitrogens is 1. The Hall–Kier alpha value is -2.31. The quantitative estimate of drug-likeness (QED) is 0.844. The van der Waals surface area contributed by atoms with Gasteiger partial charge < -0.3 is 15.2 Å². The molecule has 1 aromatic heterocycles. The summed E-state index contributed by atoms with van der Waals surface area (Å²) in [4.78, 5) is 31.1. The number of carbonyl (C=O) groups is 2. The van der Waals surface area contributed by atoms with Crippen LogP contribution in [0.1, 0.15) is 52.9 Å². The molecule has 25 heavy (non-hydrogen) atoms. The molecule has 0 saturated heterocycles. The summed E-state index contributed by atoms with van der Waals surface area (Å²) in [5.41, 5.74) is 4.67. The van der Waals surface area contributed by atoms with Gasteiger partial charge >= 0.3 is 5.97 Å². The second kappa shape index (κ2) is 6.54. The van der Waals surface area contributed by atoms with Crippen LogP contribution in [0.5, 0.6) is 5.75 Å². The van der Waals surface area contributed by atoms with Crippen LogP contribution < -0.4 is 15.4 Å². The Kier molecular flexibility index (Phi) is 4.58. The molecule has 1 aromatic rings. The van der Waals surface area contributed by atoms with E-state index in [-0.39, 0.29) is 23.6 Å². The first kappa shape index (κ1) is 17.5. The maximum absolute atomic E-state index is 12.9. The van der Waals surface area contributed by atoms with E-state index < -0.39 is 17.6 Å². The number of nitrogens with two attached hydrogens (primary N) is 1. The van der Waals surface area contributed by atoms with Gasteiger partial charge in [-0.25, -0.2) is 9.78 Å². The first-order chi connectivity index (χ1) is 11.8. The van der Waals surface area contributed by atoms with Gasteiger partial charge in [0.25, 0.3) is 5.91 Å². The lowest BCUT2D eigenvalue weighted by Crippen LogP contribution is -2.58. The molecule has 1 atom stereocenters. The van der Waals surface area contributed by atoms with E-state index >= 15 is 0 Å². The molecule has 2 heterocycles. The molecule has 1 amide bonds. The van der Waals surface area contributed by atoms with Gasteiger partial charge in [0.1, 0.15) is 18.0 Å². The molecular weight excluding hydrogens is 322 g/mol. The van der Waals surface area contributed by atoms with Crippen LogP contribution in [0.15, 0.2) is 12.1 Å². The smallest absolute Gasteiger partial charge is 0.329 e. The van der Waals surface area contributed by atoms with Crippen molar-refractivity contribution < 1.29 is 19.1 Å². The van der Waals surface area contributed by atoms with Crippen LogP contribution in [0.2, 0.25) is 0 Å². The van der Waals surface area contributed by atoms with Gasteiger partial charge in [-0.3, -0.25) is 9.69 Å². The Morgan fingerprint density at radius 3 is 2.72 bits per heavy atom. The summed E-state index contributed by atoms with van der Waals surface area (Å²) < 4.78 is 11.4. The van der Waals surface area contributed by atoms with Gasteiger partial charge in [-0.15, -0.1) is 0 Å². The van der Waals surface area contributed by atoms with Crippen LogP contribution >= 0.6 is 0 Å². The molecule has 7 heteroatoms. The highest BCUT2D eigenvalue weighted by Gasteiger charge is 2.46. The summed E-state index contributed by atoms with van der Waals surface area (Å²) in [5, 5.41) is 0. The molecular formula is C18H25N3O4. The van der Waals surface area contributed by atoms with E-state index in [9.17, 15) is 9.59 Å². The van der Waals surface area contributed by atoms with Crippen LogP contribution in [-0.4, -0.2) is 34.6 Å². The molecule has 3 rings (SSSR count). The molecule has 7 nitrogen and oxygen atoms in total. The van der Waals surface area contributed by atoms with Gasteiger partial charge in [0.15, 0.2) is 17.2 Å². The number of esters is 1. The van der Waals surface area contributed by atoms with E-state index in [4.69, 9.17) is 15.2 Å². The van der Waals surface area contributed by atoms with Crippen molar-refractivity contribution in [1.29, 1.82) is 0 Å². The van der Waals surface area contributed by atoms with Gasteiger partial charge in [-0.2, -0.15) is 0 Å². The SMILES string of the molecule is CC(C(=O)OC1CCCCC1)N1C(=O)C(C)(C)Oc2ccc(N)nc21. The zero-order valence-corrected chi connectivity index (χ0v) is 14.9. The van der Waals surface area contributed by atoms with E-state index in [1.54, 1.807) is 32.9 Å². The van der Waals surface area contributed by atoms with Gasteiger partial charge in [0.05, 0.1) is 0 Å². The van der Waals surface area contributed by atoms with E-state index in [0.29, 0.717) is 5.75 Å². The summed E-state index contributed by atoms with van der Waals surface area (Å²) in [5.74, 6) is 0.181. The van der Waals surface area contributed by atoms with Crippen molar-refractivity contribution in [1.82, 2.24) is 4.98 Å². The van der Waals surface area contributed by atoms with Crippen molar-refractivity contribution in [2.75, 3.05) is 10.6 Å². The van der Waals surface area contributed by atoms with Crippen LogP contribution in [0.4, 0.5) is 11.6 Å². The molecule has 0 spiro atoms.